The van der Waals surface area contributed by atoms with E-state index in [0.29, 0.717) is 19.7 Å². The first kappa shape index (κ1) is 13.4. The molecule has 0 heterocycles. The van der Waals surface area contributed by atoms with Gasteiger partial charge >= 0.3 is 6.03 Å². The van der Waals surface area contributed by atoms with Crippen LogP contribution < -0.4 is 15.4 Å². The number of benzene rings is 1. The molecule has 0 bridgehead atoms. The van der Waals surface area contributed by atoms with Crippen LogP contribution >= 0.6 is 0 Å². The molecule has 94 valence electrons. The van der Waals surface area contributed by atoms with E-state index >= 15 is 0 Å². The molecule has 0 unspecified atom stereocenters. The average molecular weight is 236 g/mol. The van der Waals surface area contributed by atoms with Gasteiger partial charge in [-0.25, -0.2) is 4.79 Å². The first-order valence-electron chi connectivity index (χ1n) is 5.93. The van der Waals surface area contributed by atoms with Crippen molar-refractivity contribution >= 4 is 6.03 Å². The largest absolute Gasteiger partial charge is 0.492 e. The van der Waals surface area contributed by atoms with E-state index in [1.165, 1.54) is 0 Å². The predicted octanol–water partition coefficient (Wildman–Crippen LogP) is 2.08. The van der Waals surface area contributed by atoms with Gasteiger partial charge in [0.15, 0.2) is 0 Å². The molecule has 2 N–H and O–H groups in total. The van der Waals surface area contributed by atoms with Gasteiger partial charge in [-0.2, -0.15) is 0 Å². The zero-order valence-corrected chi connectivity index (χ0v) is 10.5. The number of carbonyl (C=O) groups is 1. The van der Waals surface area contributed by atoms with E-state index in [2.05, 4.69) is 10.6 Å². The van der Waals surface area contributed by atoms with Crippen LogP contribution in [0.3, 0.4) is 0 Å². The Morgan fingerprint density at radius 1 is 1.29 bits per heavy atom. The van der Waals surface area contributed by atoms with E-state index in [0.717, 1.165) is 17.7 Å². The van der Waals surface area contributed by atoms with Crippen molar-refractivity contribution in [2.45, 2.75) is 20.3 Å². The SMILES string of the molecule is CCCNC(=O)NCCOc1cccc(C)c1. The normalized spacial score (nSPS) is 9.76. The van der Waals surface area contributed by atoms with Crippen molar-refractivity contribution in [3.8, 4) is 5.75 Å². The lowest BCUT2D eigenvalue weighted by Gasteiger charge is -2.08. The zero-order chi connectivity index (χ0) is 12.5. The van der Waals surface area contributed by atoms with Crippen LogP contribution in [0.2, 0.25) is 0 Å². The minimum Gasteiger partial charge on any atom is -0.492 e. The summed E-state index contributed by atoms with van der Waals surface area (Å²) in [5.74, 6) is 0.834. The van der Waals surface area contributed by atoms with Crippen molar-refractivity contribution in [1.82, 2.24) is 10.6 Å². The number of rotatable bonds is 6. The molecule has 1 aromatic carbocycles. The maximum Gasteiger partial charge on any atom is 0.314 e. The molecule has 1 aromatic rings. The number of carbonyl (C=O) groups excluding carboxylic acids is 1. The Labute approximate surface area is 102 Å². The molecule has 0 saturated carbocycles. The third-order valence-electron chi connectivity index (χ3n) is 2.18. The summed E-state index contributed by atoms with van der Waals surface area (Å²) in [7, 11) is 0. The lowest BCUT2D eigenvalue weighted by atomic mass is 10.2. The van der Waals surface area contributed by atoms with Crippen LogP contribution in [0.15, 0.2) is 24.3 Å². The van der Waals surface area contributed by atoms with Crippen LogP contribution in [0.4, 0.5) is 4.79 Å². The highest BCUT2D eigenvalue weighted by atomic mass is 16.5. The molecule has 2 amide bonds. The number of nitrogens with one attached hydrogen (secondary N) is 2. The Bertz CT molecular complexity index is 353. The van der Waals surface area contributed by atoms with Crippen molar-refractivity contribution in [3.05, 3.63) is 29.8 Å². The minimum atomic E-state index is -0.139. The summed E-state index contributed by atoms with van der Waals surface area (Å²) in [5.41, 5.74) is 1.16. The maximum absolute atomic E-state index is 11.2. The van der Waals surface area contributed by atoms with Gasteiger partial charge in [-0.15, -0.1) is 0 Å². The molecule has 0 aliphatic carbocycles. The van der Waals surface area contributed by atoms with E-state index < -0.39 is 0 Å². The van der Waals surface area contributed by atoms with Crippen molar-refractivity contribution in [1.29, 1.82) is 0 Å². The number of hydrogen-bond acceptors (Lipinski definition) is 2. The lowest BCUT2D eigenvalue weighted by molar-refractivity contribution is 0.236. The fraction of sp³-hybridized carbons (Fsp3) is 0.462. The molecule has 0 atom stereocenters. The van der Waals surface area contributed by atoms with E-state index in [-0.39, 0.29) is 6.03 Å². The fourth-order valence-electron chi connectivity index (χ4n) is 1.34. The first-order chi connectivity index (χ1) is 8.22. The Hall–Kier alpha value is -1.71. The Balaban J connectivity index is 2.14. The Morgan fingerprint density at radius 2 is 2.06 bits per heavy atom. The van der Waals surface area contributed by atoms with E-state index in [1.54, 1.807) is 0 Å². The number of ether oxygens (including phenoxy) is 1. The van der Waals surface area contributed by atoms with Gasteiger partial charge in [-0.1, -0.05) is 19.1 Å². The molecule has 17 heavy (non-hydrogen) atoms. The van der Waals surface area contributed by atoms with Gasteiger partial charge in [0.05, 0.1) is 6.54 Å². The monoisotopic (exact) mass is 236 g/mol. The lowest BCUT2D eigenvalue weighted by Crippen LogP contribution is -2.37. The molecule has 0 spiro atoms. The molecular weight excluding hydrogens is 216 g/mol. The highest BCUT2D eigenvalue weighted by Gasteiger charge is 1.98. The standard InChI is InChI=1S/C13H20N2O2/c1-3-7-14-13(16)15-8-9-17-12-6-4-5-11(2)10-12/h4-6,10H,3,7-9H2,1-2H3,(H2,14,15,16). The summed E-state index contributed by atoms with van der Waals surface area (Å²) in [6.07, 6.45) is 0.938. The van der Waals surface area contributed by atoms with Crippen LogP contribution in [0.5, 0.6) is 5.75 Å². The predicted molar refractivity (Wildman–Crippen MR) is 68.4 cm³/mol. The third-order valence-corrected chi connectivity index (χ3v) is 2.18. The first-order valence-corrected chi connectivity index (χ1v) is 5.93. The molecule has 0 radical (unpaired) electrons. The molecule has 4 nitrogen and oxygen atoms in total. The molecule has 0 aliphatic heterocycles. The second kappa shape index (κ2) is 7.54. The molecule has 0 fully saturated rings. The maximum atomic E-state index is 11.2. The summed E-state index contributed by atoms with van der Waals surface area (Å²) in [6, 6.07) is 7.70. The van der Waals surface area contributed by atoms with E-state index in [1.807, 2.05) is 38.1 Å². The smallest absolute Gasteiger partial charge is 0.314 e. The van der Waals surface area contributed by atoms with Gasteiger partial charge in [0.1, 0.15) is 12.4 Å². The van der Waals surface area contributed by atoms with Crippen molar-refractivity contribution < 1.29 is 9.53 Å². The second-order valence-electron chi connectivity index (χ2n) is 3.85. The van der Waals surface area contributed by atoms with Gasteiger partial charge in [-0.3, -0.25) is 0 Å². The van der Waals surface area contributed by atoms with Gasteiger partial charge in [0.25, 0.3) is 0 Å². The van der Waals surface area contributed by atoms with Crippen LogP contribution in [0.25, 0.3) is 0 Å². The molecule has 1 rings (SSSR count). The van der Waals surface area contributed by atoms with Crippen LogP contribution in [0, 0.1) is 6.92 Å². The van der Waals surface area contributed by atoms with Crippen LogP contribution in [0.1, 0.15) is 18.9 Å². The number of urea groups is 1. The minimum absolute atomic E-state index is 0.139. The summed E-state index contributed by atoms with van der Waals surface area (Å²) < 4.78 is 5.50. The molecule has 0 aromatic heterocycles. The van der Waals surface area contributed by atoms with Crippen LogP contribution in [-0.4, -0.2) is 25.7 Å². The van der Waals surface area contributed by atoms with Crippen LogP contribution in [-0.2, 0) is 0 Å². The van der Waals surface area contributed by atoms with Crippen molar-refractivity contribution in [2.75, 3.05) is 19.7 Å². The highest BCUT2D eigenvalue weighted by molar-refractivity contribution is 5.73. The number of hydrogen-bond donors (Lipinski definition) is 2. The second-order valence-corrected chi connectivity index (χ2v) is 3.85. The third kappa shape index (κ3) is 5.80. The van der Waals surface area contributed by atoms with Crippen molar-refractivity contribution in [3.63, 3.8) is 0 Å². The molecule has 4 heteroatoms. The molecule has 0 saturated heterocycles. The van der Waals surface area contributed by atoms with Crippen molar-refractivity contribution in [2.24, 2.45) is 0 Å². The number of amides is 2. The number of aryl methyl sites for hydroxylation is 1. The fourth-order valence-corrected chi connectivity index (χ4v) is 1.34. The van der Waals surface area contributed by atoms with E-state index in [9.17, 15) is 4.79 Å². The van der Waals surface area contributed by atoms with Gasteiger partial charge in [0.2, 0.25) is 0 Å². The van der Waals surface area contributed by atoms with Gasteiger partial charge < -0.3 is 15.4 Å². The van der Waals surface area contributed by atoms with Gasteiger partial charge in [-0.05, 0) is 31.0 Å². The Morgan fingerprint density at radius 3 is 2.76 bits per heavy atom. The molecule has 0 aliphatic rings. The zero-order valence-electron chi connectivity index (χ0n) is 10.5. The topological polar surface area (TPSA) is 50.4 Å². The summed E-state index contributed by atoms with van der Waals surface area (Å²) in [6.45, 7) is 5.71. The Kier molecular flexibility index (Phi) is 5.93. The summed E-state index contributed by atoms with van der Waals surface area (Å²) in [5, 5.41) is 5.46. The molecular formula is C13H20N2O2. The summed E-state index contributed by atoms with van der Waals surface area (Å²) >= 11 is 0. The van der Waals surface area contributed by atoms with E-state index in [4.69, 9.17) is 4.74 Å². The summed E-state index contributed by atoms with van der Waals surface area (Å²) in [4.78, 5) is 11.2. The average Bonchev–Trinajstić information content (AvgIpc) is 2.32. The van der Waals surface area contributed by atoms with Gasteiger partial charge in [0, 0.05) is 6.54 Å². The quantitative estimate of drug-likeness (QED) is 0.743. The highest BCUT2D eigenvalue weighted by Crippen LogP contribution is 2.11.